The van der Waals surface area contributed by atoms with Crippen LogP contribution in [0.5, 0.6) is 0 Å². The summed E-state index contributed by atoms with van der Waals surface area (Å²) in [4.78, 5) is 20.8. The first-order valence-electron chi connectivity index (χ1n) is 2.86. The molecule has 0 aromatic heterocycles. The average molecular weight is 145 g/mol. The van der Waals surface area contributed by atoms with Crippen LogP contribution in [0, 0.1) is 0 Å². The molecule has 5 N–H and O–H groups in total. The first-order chi connectivity index (χ1) is 4.57. The second-order valence-corrected chi connectivity index (χ2v) is 1.90. The highest BCUT2D eigenvalue weighted by Crippen LogP contribution is 1.76. The maximum atomic E-state index is 10.5. The summed E-state index contributed by atoms with van der Waals surface area (Å²) in [6, 6.07) is -0.643. The standard InChI is InChI=1S/C5H11N3O2/c1-3(5(7)10)8-4(9)2-6/h3H,2,6H2,1H3,(H2,7,10)(H,8,9)/t3-/m0/s1. The van der Waals surface area contributed by atoms with Crippen LogP contribution in [0.15, 0.2) is 0 Å². The maximum Gasteiger partial charge on any atom is 0.239 e. The Bertz CT molecular complexity index is 146. The van der Waals surface area contributed by atoms with Crippen LogP contribution in [0.25, 0.3) is 0 Å². The molecule has 0 spiro atoms. The first kappa shape index (κ1) is 8.90. The van der Waals surface area contributed by atoms with Gasteiger partial charge in [0.2, 0.25) is 11.8 Å². The van der Waals surface area contributed by atoms with E-state index >= 15 is 0 Å². The van der Waals surface area contributed by atoms with Crippen molar-refractivity contribution in [1.29, 1.82) is 0 Å². The Labute approximate surface area is 58.8 Å². The lowest BCUT2D eigenvalue weighted by atomic mass is 10.3. The summed E-state index contributed by atoms with van der Waals surface area (Å²) in [5.74, 6) is -0.951. The van der Waals surface area contributed by atoms with Gasteiger partial charge in [-0.1, -0.05) is 0 Å². The van der Waals surface area contributed by atoms with Gasteiger partial charge >= 0.3 is 0 Å². The van der Waals surface area contributed by atoms with Gasteiger partial charge in [0.15, 0.2) is 0 Å². The Hall–Kier alpha value is -1.10. The SMILES string of the molecule is C[C@H](NC(=O)CN)C(N)=O. The van der Waals surface area contributed by atoms with E-state index in [0.29, 0.717) is 0 Å². The zero-order valence-corrected chi connectivity index (χ0v) is 5.76. The van der Waals surface area contributed by atoms with Gasteiger partial charge in [-0.2, -0.15) is 0 Å². The molecule has 2 amide bonds. The number of hydrogen-bond donors (Lipinski definition) is 3. The summed E-state index contributed by atoms with van der Waals surface area (Å²) in [5.41, 5.74) is 9.80. The Morgan fingerprint density at radius 3 is 2.40 bits per heavy atom. The summed E-state index contributed by atoms with van der Waals surface area (Å²) in [5, 5.41) is 2.29. The predicted octanol–water partition coefficient (Wildman–Crippen LogP) is -2.06. The van der Waals surface area contributed by atoms with E-state index in [2.05, 4.69) is 5.32 Å². The molecule has 0 aliphatic heterocycles. The molecule has 0 radical (unpaired) electrons. The molecule has 0 unspecified atom stereocenters. The molecule has 5 nitrogen and oxygen atoms in total. The zero-order chi connectivity index (χ0) is 8.15. The van der Waals surface area contributed by atoms with E-state index in [1.54, 1.807) is 0 Å². The molecule has 0 saturated carbocycles. The lowest BCUT2D eigenvalue weighted by Gasteiger charge is -2.07. The Morgan fingerprint density at radius 2 is 2.10 bits per heavy atom. The molecular formula is C5H11N3O2. The molecule has 0 saturated heterocycles. The Kier molecular flexibility index (Phi) is 3.42. The van der Waals surface area contributed by atoms with Gasteiger partial charge in [-0.3, -0.25) is 9.59 Å². The van der Waals surface area contributed by atoms with Crippen LogP contribution in [0.1, 0.15) is 6.92 Å². The highest BCUT2D eigenvalue weighted by molar-refractivity contribution is 5.86. The van der Waals surface area contributed by atoms with Crippen molar-refractivity contribution in [3.63, 3.8) is 0 Å². The van der Waals surface area contributed by atoms with Crippen molar-refractivity contribution in [2.24, 2.45) is 11.5 Å². The fourth-order valence-electron chi connectivity index (χ4n) is 0.372. The van der Waals surface area contributed by atoms with E-state index in [4.69, 9.17) is 11.5 Å². The summed E-state index contributed by atoms with van der Waals surface area (Å²) in [7, 11) is 0. The van der Waals surface area contributed by atoms with Gasteiger partial charge in [0.25, 0.3) is 0 Å². The van der Waals surface area contributed by atoms with Crippen LogP contribution in [0.2, 0.25) is 0 Å². The summed E-state index contributed by atoms with van der Waals surface area (Å²) in [6.07, 6.45) is 0. The van der Waals surface area contributed by atoms with Crippen LogP contribution in [0.3, 0.4) is 0 Å². The fraction of sp³-hybridized carbons (Fsp3) is 0.600. The van der Waals surface area contributed by atoms with Gasteiger partial charge in [0.05, 0.1) is 6.54 Å². The van der Waals surface area contributed by atoms with Gasteiger partial charge in [-0.05, 0) is 6.92 Å². The molecule has 0 aliphatic rings. The van der Waals surface area contributed by atoms with Gasteiger partial charge < -0.3 is 16.8 Å². The van der Waals surface area contributed by atoms with Gasteiger partial charge in [0.1, 0.15) is 6.04 Å². The molecule has 0 heterocycles. The minimum Gasteiger partial charge on any atom is -0.368 e. The smallest absolute Gasteiger partial charge is 0.239 e. The van der Waals surface area contributed by atoms with E-state index in [1.807, 2.05) is 0 Å². The number of primary amides is 1. The summed E-state index contributed by atoms with van der Waals surface area (Å²) >= 11 is 0. The minimum absolute atomic E-state index is 0.127. The van der Waals surface area contributed by atoms with Crippen LogP contribution < -0.4 is 16.8 Å². The number of carbonyl (C=O) groups excluding carboxylic acids is 2. The number of nitrogens with one attached hydrogen (secondary N) is 1. The van der Waals surface area contributed by atoms with Crippen LogP contribution in [0.4, 0.5) is 0 Å². The molecular weight excluding hydrogens is 134 g/mol. The van der Waals surface area contributed by atoms with E-state index in [1.165, 1.54) is 6.92 Å². The maximum absolute atomic E-state index is 10.5. The molecule has 0 aliphatic carbocycles. The van der Waals surface area contributed by atoms with Gasteiger partial charge in [-0.15, -0.1) is 0 Å². The molecule has 0 bridgehead atoms. The third-order valence-electron chi connectivity index (χ3n) is 0.990. The number of carbonyl (C=O) groups is 2. The normalized spacial score (nSPS) is 12.2. The van der Waals surface area contributed by atoms with Gasteiger partial charge in [0, 0.05) is 0 Å². The minimum atomic E-state index is -0.643. The van der Waals surface area contributed by atoms with Crippen molar-refractivity contribution in [3.05, 3.63) is 0 Å². The summed E-state index contributed by atoms with van der Waals surface area (Å²) in [6.45, 7) is 1.37. The van der Waals surface area contributed by atoms with Crippen molar-refractivity contribution in [3.8, 4) is 0 Å². The Morgan fingerprint density at radius 1 is 1.60 bits per heavy atom. The van der Waals surface area contributed by atoms with E-state index < -0.39 is 11.9 Å². The number of hydrogen-bond acceptors (Lipinski definition) is 3. The molecule has 10 heavy (non-hydrogen) atoms. The largest absolute Gasteiger partial charge is 0.368 e. The van der Waals surface area contributed by atoms with Crippen molar-refractivity contribution in [2.75, 3.05) is 6.54 Å². The van der Waals surface area contributed by atoms with Crippen LogP contribution in [-0.2, 0) is 9.59 Å². The molecule has 0 aromatic carbocycles. The van der Waals surface area contributed by atoms with E-state index in [9.17, 15) is 9.59 Å². The zero-order valence-electron chi connectivity index (χ0n) is 5.76. The topological polar surface area (TPSA) is 98.2 Å². The molecule has 0 rings (SSSR count). The number of nitrogens with two attached hydrogens (primary N) is 2. The first-order valence-corrected chi connectivity index (χ1v) is 2.86. The molecule has 5 heteroatoms. The summed E-state index contributed by atoms with van der Waals surface area (Å²) < 4.78 is 0. The average Bonchev–Trinajstić information content (AvgIpc) is 1.87. The lowest BCUT2D eigenvalue weighted by molar-refractivity contribution is -0.126. The molecule has 0 fully saturated rings. The highest BCUT2D eigenvalue weighted by atomic mass is 16.2. The predicted molar refractivity (Wildman–Crippen MR) is 35.9 cm³/mol. The van der Waals surface area contributed by atoms with Crippen molar-refractivity contribution < 1.29 is 9.59 Å². The van der Waals surface area contributed by atoms with Crippen molar-refractivity contribution in [1.82, 2.24) is 5.32 Å². The highest BCUT2D eigenvalue weighted by Gasteiger charge is 2.09. The second-order valence-electron chi connectivity index (χ2n) is 1.90. The molecule has 0 aromatic rings. The van der Waals surface area contributed by atoms with Crippen LogP contribution >= 0.6 is 0 Å². The lowest BCUT2D eigenvalue weighted by Crippen LogP contribution is -2.44. The van der Waals surface area contributed by atoms with Crippen LogP contribution in [-0.4, -0.2) is 24.4 Å². The van der Waals surface area contributed by atoms with Crippen molar-refractivity contribution in [2.45, 2.75) is 13.0 Å². The number of amides is 2. The quantitative estimate of drug-likeness (QED) is 0.425. The Balaban J connectivity index is 3.68. The fourth-order valence-corrected chi connectivity index (χ4v) is 0.372. The molecule has 58 valence electrons. The van der Waals surface area contributed by atoms with Gasteiger partial charge in [-0.25, -0.2) is 0 Å². The monoisotopic (exact) mass is 145 g/mol. The second kappa shape index (κ2) is 3.84. The molecule has 1 atom stereocenters. The third kappa shape index (κ3) is 3.03. The number of rotatable bonds is 3. The third-order valence-corrected chi connectivity index (χ3v) is 0.990. The van der Waals surface area contributed by atoms with E-state index in [-0.39, 0.29) is 12.5 Å². The van der Waals surface area contributed by atoms with E-state index in [0.717, 1.165) is 0 Å². The van der Waals surface area contributed by atoms with Crippen molar-refractivity contribution >= 4 is 11.8 Å².